The van der Waals surface area contributed by atoms with E-state index >= 15 is 0 Å². The van der Waals surface area contributed by atoms with Gasteiger partial charge >= 0.3 is 5.56 Å². The number of aromatic nitrogens is 1. The number of aryl methyl sites for hydroxylation is 1. The van der Waals surface area contributed by atoms with Crippen molar-refractivity contribution in [1.82, 2.24) is 4.73 Å². The predicted molar refractivity (Wildman–Crippen MR) is 63.5 cm³/mol. The van der Waals surface area contributed by atoms with Crippen LogP contribution < -0.4 is 5.56 Å². The lowest BCUT2D eigenvalue weighted by Crippen LogP contribution is -2.25. The summed E-state index contributed by atoms with van der Waals surface area (Å²) >= 11 is 5.80. The van der Waals surface area contributed by atoms with E-state index in [-0.39, 0.29) is 5.02 Å². The van der Waals surface area contributed by atoms with Crippen molar-refractivity contribution in [3.63, 3.8) is 0 Å². The normalized spacial score (nSPS) is 17.6. The standard InChI is InChI=1S/C12H16ClNO2/c1-8-7-10(9-5-3-2-4-6-9)14(16)12(15)11(8)13/h7,9,16H,2-6H2,1H3. The van der Waals surface area contributed by atoms with Gasteiger partial charge in [0.25, 0.3) is 0 Å². The number of pyridine rings is 1. The van der Waals surface area contributed by atoms with Crippen LogP contribution in [-0.2, 0) is 0 Å². The van der Waals surface area contributed by atoms with Gasteiger partial charge in [-0.2, -0.15) is 4.73 Å². The van der Waals surface area contributed by atoms with Crippen LogP contribution in [0.4, 0.5) is 0 Å². The van der Waals surface area contributed by atoms with Gasteiger partial charge < -0.3 is 5.21 Å². The summed E-state index contributed by atoms with van der Waals surface area (Å²) in [6, 6.07) is 1.83. The summed E-state index contributed by atoms with van der Waals surface area (Å²) in [6.45, 7) is 1.80. The number of halogens is 1. The van der Waals surface area contributed by atoms with E-state index < -0.39 is 5.56 Å². The van der Waals surface area contributed by atoms with Gasteiger partial charge in [-0.05, 0) is 31.4 Å². The van der Waals surface area contributed by atoms with Crippen molar-refractivity contribution in [2.75, 3.05) is 0 Å². The number of hydrogen-bond donors (Lipinski definition) is 1. The summed E-state index contributed by atoms with van der Waals surface area (Å²) in [5.74, 6) is 0.294. The van der Waals surface area contributed by atoms with Crippen molar-refractivity contribution in [1.29, 1.82) is 0 Å². The molecule has 16 heavy (non-hydrogen) atoms. The molecule has 1 N–H and O–H groups in total. The zero-order valence-corrected chi connectivity index (χ0v) is 10.1. The van der Waals surface area contributed by atoms with Gasteiger partial charge in [0.1, 0.15) is 5.02 Å². The fourth-order valence-corrected chi connectivity index (χ4v) is 2.55. The highest BCUT2D eigenvalue weighted by Crippen LogP contribution is 2.32. The summed E-state index contributed by atoms with van der Waals surface area (Å²) in [5, 5.41) is 9.89. The quantitative estimate of drug-likeness (QED) is 0.768. The van der Waals surface area contributed by atoms with E-state index in [1.54, 1.807) is 6.92 Å². The molecule has 1 aromatic rings. The van der Waals surface area contributed by atoms with Crippen molar-refractivity contribution in [2.45, 2.75) is 44.9 Å². The molecule has 1 aliphatic rings. The van der Waals surface area contributed by atoms with Crippen molar-refractivity contribution < 1.29 is 5.21 Å². The third-order valence-corrected chi connectivity index (χ3v) is 3.82. The SMILES string of the molecule is Cc1cc(C2CCCCC2)n(O)c(=O)c1Cl. The maximum Gasteiger partial charge on any atom is 0.302 e. The molecule has 1 aromatic heterocycles. The number of nitrogens with zero attached hydrogens (tertiary/aromatic N) is 1. The monoisotopic (exact) mass is 241 g/mol. The molecule has 1 saturated carbocycles. The Morgan fingerprint density at radius 2 is 2.00 bits per heavy atom. The molecule has 0 atom stereocenters. The Kier molecular flexibility index (Phi) is 3.24. The second-order valence-corrected chi connectivity index (χ2v) is 4.90. The number of hydrogen-bond acceptors (Lipinski definition) is 2. The smallest absolute Gasteiger partial charge is 0.302 e. The molecule has 2 rings (SSSR count). The molecule has 0 amide bonds. The van der Waals surface area contributed by atoms with Crippen molar-refractivity contribution >= 4 is 11.6 Å². The Morgan fingerprint density at radius 3 is 2.62 bits per heavy atom. The van der Waals surface area contributed by atoms with Crippen molar-refractivity contribution in [3.05, 3.63) is 32.7 Å². The summed E-state index contributed by atoms with van der Waals surface area (Å²) in [5.41, 5.74) is 0.964. The molecule has 0 bridgehead atoms. The minimum absolute atomic E-state index is 0.113. The van der Waals surface area contributed by atoms with E-state index in [1.807, 2.05) is 6.07 Å². The van der Waals surface area contributed by atoms with E-state index in [4.69, 9.17) is 11.6 Å². The highest BCUT2D eigenvalue weighted by molar-refractivity contribution is 6.31. The minimum Gasteiger partial charge on any atom is -0.425 e. The first-order chi connectivity index (χ1) is 7.61. The maximum atomic E-state index is 11.6. The molecule has 0 radical (unpaired) electrons. The summed E-state index contributed by atoms with van der Waals surface area (Å²) in [7, 11) is 0. The van der Waals surface area contributed by atoms with Crippen LogP contribution in [0.25, 0.3) is 0 Å². The molecule has 4 heteroatoms. The lowest BCUT2D eigenvalue weighted by atomic mass is 9.86. The Morgan fingerprint density at radius 1 is 1.38 bits per heavy atom. The van der Waals surface area contributed by atoms with Crippen LogP contribution in [0, 0.1) is 6.92 Å². The van der Waals surface area contributed by atoms with Crippen LogP contribution in [0.15, 0.2) is 10.9 Å². The molecule has 88 valence electrons. The molecule has 1 fully saturated rings. The molecular weight excluding hydrogens is 226 g/mol. The van der Waals surface area contributed by atoms with Gasteiger partial charge in [-0.3, -0.25) is 4.79 Å². The average Bonchev–Trinajstić information content (AvgIpc) is 2.32. The first kappa shape index (κ1) is 11.5. The fraction of sp³-hybridized carbons (Fsp3) is 0.583. The van der Waals surface area contributed by atoms with Crippen LogP contribution in [-0.4, -0.2) is 9.94 Å². The lowest BCUT2D eigenvalue weighted by Gasteiger charge is -2.23. The zero-order valence-electron chi connectivity index (χ0n) is 9.37. The highest BCUT2D eigenvalue weighted by atomic mass is 35.5. The first-order valence-corrected chi connectivity index (χ1v) is 6.10. The Bertz CT molecular complexity index is 447. The van der Waals surface area contributed by atoms with Crippen LogP contribution in [0.3, 0.4) is 0 Å². The van der Waals surface area contributed by atoms with E-state index in [2.05, 4.69) is 0 Å². The van der Waals surface area contributed by atoms with Gasteiger partial charge in [-0.25, -0.2) is 0 Å². The van der Waals surface area contributed by atoms with Crippen molar-refractivity contribution in [2.24, 2.45) is 0 Å². The van der Waals surface area contributed by atoms with E-state index in [0.29, 0.717) is 11.6 Å². The molecule has 1 aliphatic carbocycles. The predicted octanol–water partition coefficient (Wildman–Crippen LogP) is 3.10. The molecule has 0 aliphatic heterocycles. The molecule has 0 saturated heterocycles. The Hall–Kier alpha value is -0.960. The summed E-state index contributed by atoms with van der Waals surface area (Å²) < 4.78 is 0.727. The van der Waals surface area contributed by atoms with Gasteiger partial charge in [0.2, 0.25) is 0 Å². The average molecular weight is 242 g/mol. The van der Waals surface area contributed by atoms with Crippen molar-refractivity contribution in [3.8, 4) is 0 Å². The molecular formula is C12H16ClNO2. The molecule has 0 spiro atoms. The van der Waals surface area contributed by atoms with Gasteiger partial charge in [-0.15, -0.1) is 0 Å². The van der Waals surface area contributed by atoms with E-state index in [0.717, 1.165) is 23.1 Å². The Labute approximate surface area is 99.6 Å². The van der Waals surface area contributed by atoms with Gasteiger partial charge in [0.15, 0.2) is 0 Å². The van der Waals surface area contributed by atoms with E-state index in [9.17, 15) is 10.0 Å². The Balaban J connectivity index is 2.44. The first-order valence-electron chi connectivity index (χ1n) is 5.72. The van der Waals surface area contributed by atoms with Crippen LogP contribution >= 0.6 is 11.6 Å². The van der Waals surface area contributed by atoms with Gasteiger partial charge in [-0.1, -0.05) is 30.9 Å². The molecule has 3 nitrogen and oxygen atoms in total. The largest absolute Gasteiger partial charge is 0.425 e. The number of rotatable bonds is 1. The molecule has 1 heterocycles. The molecule has 0 unspecified atom stereocenters. The molecule has 0 aromatic carbocycles. The zero-order chi connectivity index (χ0) is 11.7. The van der Waals surface area contributed by atoms with Crippen LogP contribution in [0.2, 0.25) is 5.02 Å². The summed E-state index contributed by atoms with van der Waals surface area (Å²) in [4.78, 5) is 11.6. The van der Waals surface area contributed by atoms with Crippen LogP contribution in [0.5, 0.6) is 0 Å². The lowest BCUT2D eigenvalue weighted by molar-refractivity contribution is 0.156. The summed E-state index contributed by atoms with van der Waals surface area (Å²) in [6.07, 6.45) is 5.67. The third kappa shape index (κ3) is 1.96. The minimum atomic E-state index is -0.498. The third-order valence-electron chi connectivity index (χ3n) is 3.36. The van der Waals surface area contributed by atoms with E-state index in [1.165, 1.54) is 19.3 Å². The maximum absolute atomic E-state index is 11.6. The van der Waals surface area contributed by atoms with Crippen LogP contribution in [0.1, 0.15) is 49.3 Å². The van der Waals surface area contributed by atoms with Gasteiger partial charge in [0.05, 0.1) is 5.69 Å². The highest BCUT2D eigenvalue weighted by Gasteiger charge is 2.21. The topological polar surface area (TPSA) is 42.2 Å². The van der Waals surface area contributed by atoms with Gasteiger partial charge in [0, 0.05) is 5.92 Å². The second kappa shape index (κ2) is 4.50. The fourth-order valence-electron chi connectivity index (χ4n) is 2.41. The second-order valence-electron chi connectivity index (χ2n) is 4.52.